The average molecular weight is 671 g/mol. The number of Topliss-reactive ketones (excluding diaryl/α,β-unsaturated/α-hetero) is 1. The van der Waals surface area contributed by atoms with Gasteiger partial charge in [0.05, 0.1) is 38.0 Å². The van der Waals surface area contributed by atoms with E-state index in [0.29, 0.717) is 32.5 Å². The van der Waals surface area contributed by atoms with Crippen molar-refractivity contribution in [1.82, 2.24) is 4.40 Å². The van der Waals surface area contributed by atoms with Gasteiger partial charge >= 0.3 is 5.97 Å². The largest absolute Gasteiger partial charge is 0.462 e. The molecule has 9 heteroatoms. The highest BCUT2D eigenvalue weighted by molar-refractivity contribution is 9.10. The molecule has 0 spiro atoms. The molecule has 0 bridgehead atoms. The van der Waals surface area contributed by atoms with Crippen LogP contribution in [0.1, 0.15) is 48.4 Å². The molecule has 0 aliphatic carbocycles. The Hall–Kier alpha value is -2.72. The molecule has 0 saturated heterocycles. The minimum atomic E-state index is -0.476. The third kappa shape index (κ3) is 5.12. The van der Waals surface area contributed by atoms with Crippen LogP contribution in [0, 0.1) is 6.92 Å². The number of esters is 1. The average Bonchev–Trinajstić information content (AvgIpc) is 3.43. The van der Waals surface area contributed by atoms with E-state index in [0.717, 1.165) is 24.2 Å². The molecule has 3 aromatic heterocycles. The van der Waals surface area contributed by atoms with Crippen LogP contribution in [0.5, 0.6) is 0 Å². The topological polar surface area (TPSA) is 64.9 Å². The van der Waals surface area contributed by atoms with E-state index in [4.69, 9.17) is 4.74 Å². The zero-order valence-electron chi connectivity index (χ0n) is 20.4. The predicted molar refractivity (Wildman–Crippen MR) is 160 cm³/mol. The molecule has 0 fully saturated rings. The number of rotatable bonds is 8. The van der Waals surface area contributed by atoms with Gasteiger partial charge in [0.25, 0.3) is 0 Å². The number of carbonyl (C=O) groups excluding carboxylic acids is 3. The first-order chi connectivity index (χ1) is 18.3. The van der Waals surface area contributed by atoms with Crippen molar-refractivity contribution in [3.8, 4) is 0 Å². The Morgan fingerprint density at radius 3 is 2.21 bits per heavy atom. The fourth-order valence-electron chi connectivity index (χ4n) is 4.22. The van der Waals surface area contributed by atoms with E-state index in [2.05, 4.69) is 31.9 Å². The van der Waals surface area contributed by atoms with Gasteiger partial charge < -0.3 is 9.14 Å². The van der Waals surface area contributed by atoms with E-state index in [1.807, 2.05) is 53.9 Å². The number of benzene rings is 2. The lowest BCUT2D eigenvalue weighted by atomic mass is 10.1. The monoisotopic (exact) mass is 669 g/mol. The second-order valence-electron chi connectivity index (χ2n) is 8.55. The number of thiophene rings is 1. The standard InChI is InChI=1S/C29H21Br2NO4S2/c1-3-36-28(35)23-21-14-16(2)12-13-32(21)25-24(23)27(26(34)18-6-10-20(31)11-7-18)38-29(25)37-15-22(33)17-4-8-19(30)9-5-17/h4-14H,3,15H2,1-2H3. The highest BCUT2D eigenvalue weighted by Crippen LogP contribution is 2.44. The van der Waals surface area contributed by atoms with Crippen molar-refractivity contribution < 1.29 is 19.1 Å². The Morgan fingerprint density at radius 1 is 0.947 bits per heavy atom. The SMILES string of the molecule is CCOC(=O)c1c2c(C(=O)c3ccc(Br)cc3)sc(SCC(=O)c3ccc(Br)cc3)c2n2ccc(C)cc12. The summed E-state index contributed by atoms with van der Waals surface area (Å²) >= 11 is 9.50. The third-order valence-corrected chi connectivity index (χ3v) is 9.50. The van der Waals surface area contributed by atoms with E-state index < -0.39 is 5.97 Å². The first kappa shape index (κ1) is 26.9. The number of ether oxygens (including phenoxy) is 1. The van der Waals surface area contributed by atoms with Crippen LogP contribution >= 0.6 is 55.0 Å². The molecule has 0 amide bonds. The predicted octanol–water partition coefficient (Wildman–Crippen LogP) is 8.37. The summed E-state index contributed by atoms with van der Waals surface area (Å²) in [6.07, 6.45) is 1.90. The lowest BCUT2D eigenvalue weighted by Crippen LogP contribution is -2.06. The number of hydrogen-bond donors (Lipinski definition) is 0. The lowest BCUT2D eigenvalue weighted by Gasteiger charge is -2.05. The fourth-order valence-corrected chi connectivity index (χ4v) is 7.17. The smallest absolute Gasteiger partial charge is 0.341 e. The molecule has 2 aromatic carbocycles. The Kier molecular flexibility index (Phi) is 7.90. The van der Waals surface area contributed by atoms with Crippen LogP contribution in [0.3, 0.4) is 0 Å². The van der Waals surface area contributed by atoms with Crippen LogP contribution in [0.15, 0.2) is 80.0 Å². The number of halogens is 2. The van der Waals surface area contributed by atoms with Gasteiger partial charge in [-0.05, 0) is 67.9 Å². The molecule has 0 saturated carbocycles. The van der Waals surface area contributed by atoms with Gasteiger partial charge in [0.15, 0.2) is 5.78 Å². The number of nitrogens with zero attached hydrogens (tertiary/aromatic N) is 1. The number of hydrogen-bond acceptors (Lipinski definition) is 6. The van der Waals surface area contributed by atoms with Crippen LogP contribution in [-0.4, -0.2) is 34.3 Å². The molecule has 192 valence electrons. The van der Waals surface area contributed by atoms with E-state index in [-0.39, 0.29) is 23.9 Å². The molecule has 0 aliphatic rings. The van der Waals surface area contributed by atoms with Gasteiger partial charge in [0.1, 0.15) is 0 Å². The van der Waals surface area contributed by atoms with Crippen molar-refractivity contribution in [1.29, 1.82) is 0 Å². The maximum Gasteiger partial charge on any atom is 0.341 e. The Bertz CT molecular complexity index is 1700. The quantitative estimate of drug-likeness (QED) is 0.0943. The molecule has 5 nitrogen and oxygen atoms in total. The van der Waals surface area contributed by atoms with Crippen molar-refractivity contribution in [2.24, 2.45) is 0 Å². The van der Waals surface area contributed by atoms with E-state index in [1.165, 1.54) is 23.1 Å². The maximum atomic E-state index is 13.8. The second-order valence-corrected chi connectivity index (χ2v) is 12.6. The van der Waals surface area contributed by atoms with E-state index >= 15 is 0 Å². The minimum Gasteiger partial charge on any atom is -0.462 e. The summed E-state index contributed by atoms with van der Waals surface area (Å²) in [4.78, 5) is 40.5. The highest BCUT2D eigenvalue weighted by Gasteiger charge is 2.30. The molecule has 0 aliphatic heterocycles. The first-order valence-corrected chi connectivity index (χ1v) is 15.1. The summed E-state index contributed by atoms with van der Waals surface area (Å²) in [7, 11) is 0. The van der Waals surface area contributed by atoms with Crippen molar-refractivity contribution in [3.63, 3.8) is 0 Å². The van der Waals surface area contributed by atoms with Crippen LogP contribution in [0.2, 0.25) is 0 Å². The fraction of sp³-hybridized carbons (Fsp3) is 0.138. The normalized spacial score (nSPS) is 11.3. The summed E-state index contributed by atoms with van der Waals surface area (Å²) in [5, 5.41) is 0.561. The second kappa shape index (κ2) is 11.2. The molecule has 5 aromatic rings. The molecular formula is C29H21Br2NO4S2. The van der Waals surface area contributed by atoms with Gasteiger partial charge in [0.2, 0.25) is 5.78 Å². The zero-order chi connectivity index (χ0) is 27.0. The minimum absolute atomic E-state index is 0.0211. The van der Waals surface area contributed by atoms with Crippen molar-refractivity contribution in [3.05, 3.63) is 103 Å². The highest BCUT2D eigenvalue weighted by atomic mass is 79.9. The Morgan fingerprint density at radius 2 is 1.58 bits per heavy atom. The lowest BCUT2D eigenvalue weighted by molar-refractivity contribution is 0.0530. The number of aryl methyl sites for hydroxylation is 1. The molecule has 0 radical (unpaired) electrons. The summed E-state index contributed by atoms with van der Waals surface area (Å²) in [5.41, 5.74) is 3.89. The number of carbonyl (C=O) groups is 3. The Labute approximate surface area is 244 Å². The molecule has 38 heavy (non-hydrogen) atoms. The summed E-state index contributed by atoms with van der Waals surface area (Å²) in [6.45, 7) is 3.93. The number of pyridine rings is 1. The molecule has 0 atom stereocenters. The number of aromatic nitrogens is 1. The summed E-state index contributed by atoms with van der Waals surface area (Å²) in [6, 6.07) is 18.3. The van der Waals surface area contributed by atoms with Gasteiger partial charge in [0, 0.05) is 31.7 Å². The molecular weight excluding hydrogens is 650 g/mol. The number of fused-ring (bicyclic) bond motifs is 3. The molecule has 0 N–H and O–H groups in total. The van der Waals surface area contributed by atoms with Gasteiger partial charge in [-0.3, -0.25) is 9.59 Å². The van der Waals surface area contributed by atoms with Crippen molar-refractivity contribution >= 4 is 88.9 Å². The number of thioether (sulfide) groups is 1. The van der Waals surface area contributed by atoms with Gasteiger partial charge in [-0.15, -0.1) is 23.1 Å². The summed E-state index contributed by atoms with van der Waals surface area (Å²) < 4.78 is 9.93. The molecule has 0 unspecified atom stereocenters. The third-order valence-electron chi connectivity index (χ3n) is 6.00. The van der Waals surface area contributed by atoms with Crippen molar-refractivity contribution in [2.75, 3.05) is 12.4 Å². The molecule has 5 rings (SSSR count). The van der Waals surface area contributed by atoms with Crippen molar-refractivity contribution in [2.45, 2.75) is 18.1 Å². The zero-order valence-corrected chi connectivity index (χ0v) is 25.2. The first-order valence-electron chi connectivity index (χ1n) is 11.7. The Balaban J connectivity index is 1.69. The van der Waals surface area contributed by atoms with E-state index in [9.17, 15) is 14.4 Å². The van der Waals surface area contributed by atoms with Gasteiger partial charge in [-0.1, -0.05) is 44.0 Å². The van der Waals surface area contributed by atoms with E-state index in [1.54, 1.807) is 31.2 Å². The maximum absolute atomic E-state index is 13.8. The van der Waals surface area contributed by atoms with Gasteiger partial charge in [-0.25, -0.2) is 4.79 Å². The van der Waals surface area contributed by atoms with Crippen LogP contribution in [-0.2, 0) is 4.74 Å². The van der Waals surface area contributed by atoms with Crippen LogP contribution < -0.4 is 0 Å². The molecule has 3 heterocycles. The van der Waals surface area contributed by atoms with Crippen LogP contribution in [0.25, 0.3) is 16.4 Å². The summed E-state index contributed by atoms with van der Waals surface area (Å²) in [5.74, 6) is -0.489. The number of ketones is 2. The van der Waals surface area contributed by atoms with Crippen LogP contribution in [0.4, 0.5) is 0 Å². The van der Waals surface area contributed by atoms with Gasteiger partial charge in [-0.2, -0.15) is 0 Å².